The Morgan fingerprint density at radius 2 is 1.73 bits per heavy atom. The lowest BCUT2D eigenvalue weighted by molar-refractivity contribution is -0.114. The van der Waals surface area contributed by atoms with Crippen LogP contribution in [0.2, 0.25) is 0 Å². The first kappa shape index (κ1) is 14.4. The summed E-state index contributed by atoms with van der Waals surface area (Å²) in [6.45, 7) is 6.53. The summed E-state index contributed by atoms with van der Waals surface area (Å²) in [4.78, 5) is 11.5. The number of hydrogen-bond donors (Lipinski definition) is 0. The molecule has 1 heteroatoms. The Morgan fingerprint density at radius 1 is 1.07 bits per heavy atom. The van der Waals surface area contributed by atoms with Crippen LogP contribution in [0.1, 0.15) is 65.7 Å². The molecule has 0 radical (unpaired) electrons. The molecule has 0 aromatic heterocycles. The van der Waals surface area contributed by atoms with E-state index in [4.69, 9.17) is 0 Å². The molecule has 0 N–H and O–H groups in total. The van der Waals surface area contributed by atoms with Crippen molar-refractivity contribution in [1.29, 1.82) is 0 Å². The van der Waals surface area contributed by atoms with E-state index in [1.807, 2.05) is 0 Å². The molecule has 0 unspecified atom stereocenters. The van der Waals surface area contributed by atoms with E-state index in [0.717, 1.165) is 25.7 Å². The molecule has 88 valence electrons. The fourth-order valence-electron chi connectivity index (χ4n) is 1.61. The topological polar surface area (TPSA) is 17.1 Å². The molecule has 1 nitrogen and oxygen atoms in total. The van der Waals surface area contributed by atoms with Crippen molar-refractivity contribution in [3.8, 4) is 0 Å². The fourth-order valence-corrected chi connectivity index (χ4v) is 1.61. The third-order valence-electron chi connectivity index (χ3n) is 2.88. The molecule has 0 amide bonds. The van der Waals surface area contributed by atoms with E-state index in [2.05, 4.69) is 26.8 Å². The van der Waals surface area contributed by atoms with Crippen LogP contribution in [-0.2, 0) is 4.79 Å². The van der Waals surface area contributed by atoms with Gasteiger partial charge in [0.2, 0.25) is 0 Å². The molecule has 0 bridgehead atoms. The Bertz CT molecular complexity index is 178. The van der Waals surface area contributed by atoms with Crippen molar-refractivity contribution in [2.75, 3.05) is 0 Å². The van der Waals surface area contributed by atoms with Crippen molar-refractivity contribution in [3.05, 3.63) is 12.2 Å². The lowest BCUT2D eigenvalue weighted by Crippen LogP contribution is -1.96. The van der Waals surface area contributed by atoms with Gasteiger partial charge in [-0.1, -0.05) is 46.1 Å². The van der Waals surface area contributed by atoms with E-state index >= 15 is 0 Å². The first-order valence-electron chi connectivity index (χ1n) is 6.45. The summed E-state index contributed by atoms with van der Waals surface area (Å²) in [6, 6.07) is 0. The van der Waals surface area contributed by atoms with Crippen molar-refractivity contribution >= 4 is 5.78 Å². The average Bonchev–Trinajstić information content (AvgIpc) is 2.26. The highest BCUT2D eigenvalue weighted by atomic mass is 16.1. The summed E-state index contributed by atoms with van der Waals surface area (Å²) >= 11 is 0. The highest BCUT2D eigenvalue weighted by Crippen LogP contribution is 2.10. The Morgan fingerprint density at radius 3 is 2.27 bits per heavy atom. The van der Waals surface area contributed by atoms with Crippen LogP contribution in [0.5, 0.6) is 0 Å². The predicted molar refractivity (Wildman–Crippen MR) is 67.0 cm³/mol. The Kier molecular flexibility index (Phi) is 9.55. The van der Waals surface area contributed by atoms with Gasteiger partial charge in [-0.25, -0.2) is 0 Å². The minimum Gasteiger partial charge on any atom is -0.295 e. The Labute approximate surface area is 95.0 Å². The minimum absolute atomic E-state index is 0.304. The van der Waals surface area contributed by atoms with Gasteiger partial charge in [-0.15, -0.1) is 0 Å². The Hall–Kier alpha value is -0.590. The number of rotatable bonds is 9. The maximum absolute atomic E-state index is 11.5. The van der Waals surface area contributed by atoms with Crippen LogP contribution in [0.4, 0.5) is 0 Å². The van der Waals surface area contributed by atoms with Crippen LogP contribution in [0.25, 0.3) is 0 Å². The first-order chi connectivity index (χ1) is 7.24. The molecular formula is C14H26O. The normalized spacial score (nSPS) is 11.5. The molecule has 0 heterocycles. The van der Waals surface area contributed by atoms with Crippen LogP contribution >= 0.6 is 0 Å². The van der Waals surface area contributed by atoms with Crippen LogP contribution in [-0.4, -0.2) is 5.78 Å². The third kappa shape index (κ3) is 8.41. The van der Waals surface area contributed by atoms with E-state index in [0.29, 0.717) is 11.7 Å². The Balaban J connectivity index is 3.63. The zero-order valence-corrected chi connectivity index (χ0v) is 10.6. The van der Waals surface area contributed by atoms with Gasteiger partial charge in [-0.3, -0.25) is 4.79 Å². The minimum atomic E-state index is 0.304. The highest BCUT2D eigenvalue weighted by molar-refractivity contribution is 5.89. The number of carbonyl (C=O) groups is 1. The number of allylic oxidation sites excluding steroid dienone is 2. The van der Waals surface area contributed by atoms with Gasteiger partial charge in [-0.05, 0) is 31.3 Å². The number of ketones is 1. The van der Waals surface area contributed by atoms with E-state index < -0.39 is 0 Å². The van der Waals surface area contributed by atoms with Gasteiger partial charge >= 0.3 is 0 Å². The maximum atomic E-state index is 11.5. The van der Waals surface area contributed by atoms with Crippen molar-refractivity contribution in [2.45, 2.75) is 65.7 Å². The zero-order valence-electron chi connectivity index (χ0n) is 10.6. The SMILES string of the molecule is CCCCCCC(=O)C=CC(CC)CC. The number of carbonyl (C=O) groups excluding carboxylic acids is 1. The van der Waals surface area contributed by atoms with Crippen molar-refractivity contribution in [2.24, 2.45) is 5.92 Å². The molecule has 0 fully saturated rings. The molecule has 0 saturated heterocycles. The summed E-state index contributed by atoms with van der Waals surface area (Å²) in [5.41, 5.74) is 0. The second-order valence-electron chi connectivity index (χ2n) is 4.21. The summed E-state index contributed by atoms with van der Waals surface area (Å²) in [6.07, 6.45) is 11.6. The smallest absolute Gasteiger partial charge is 0.155 e. The van der Waals surface area contributed by atoms with Crippen molar-refractivity contribution in [3.63, 3.8) is 0 Å². The zero-order chi connectivity index (χ0) is 11.5. The number of unbranched alkanes of at least 4 members (excludes halogenated alkanes) is 3. The van der Waals surface area contributed by atoms with Crippen molar-refractivity contribution < 1.29 is 4.79 Å². The largest absolute Gasteiger partial charge is 0.295 e. The summed E-state index contributed by atoms with van der Waals surface area (Å²) in [5.74, 6) is 0.891. The molecule has 0 aromatic carbocycles. The lowest BCUT2D eigenvalue weighted by atomic mass is 10.0. The van der Waals surface area contributed by atoms with Crippen LogP contribution < -0.4 is 0 Å². The van der Waals surface area contributed by atoms with Gasteiger partial charge in [0.1, 0.15) is 0 Å². The van der Waals surface area contributed by atoms with Crippen molar-refractivity contribution in [1.82, 2.24) is 0 Å². The molecule has 0 aliphatic carbocycles. The van der Waals surface area contributed by atoms with Crippen LogP contribution in [0, 0.1) is 5.92 Å². The van der Waals surface area contributed by atoms with Gasteiger partial charge in [-0.2, -0.15) is 0 Å². The monoisotopic (exact) mass is 210 g/mol. The van der Waals surface area contributed by atoms with Gasteiger partial charge < -0.3 is 0 Å². The predicted octanol–water partition coefficient (Wildman–Crippen LogP) is 4.52. The first-order valence-corrected chi connectivity index (χ1v) is 6.45. The quantitative estimate of drug-likeness (QED) is 0.404. The second-order valence-corrected chi connectivity index (χ2v) is 4.21. The number of hydrogen-bond acceptors (Lipinski definition) is 1. The lowest BCUT2D eigenvalue weighted by Gasteiger charge is -2.04. The molecular weight excluding hydrogens is 184 g/mol. The van der Waals surface area contributed by atoms with E-state index in [9.17, 15) is 4.79 Å². The summed E-state index contributed by atoms with van der Waals surface area (Å²) in [5, 5.41) is 0. The summed E-state index contributed by atoms with van der Waals surface area (Å²) < 4.78 is 0. The second kappa shape index (κ2) is 9.95. The fraction of sp³-hybridized carbons (Fsp3) is 0.786. The average molecular weight is 210 g/mol. The molecule has 0 aliphatic heterocycles. The molecule has 0 aliphatic rings. The molecule has 0 saturated carbocycles. The molecule has 15 heavy (non-hydrogen) atoms. The molecule has 0 aromatic rings. The molecule has 0 atom stereocenters. The van der Waals surface area contributed by atoms with E-state index in [1.54, 1.807) is 6.08 Å². The summed E-state index contributed by atoms with van der Waals surface area (Å²) in [7, 11) is 0. The highest BCUT2D eigenvalue weighted by Gasteiger charge is 2.00. The van der Waals surface area contributed by atoms with Gasteiger partial charge in [0.25, 0.3) is 0 Å². The maximum Gasteiger partial charge on any atom is 0.155 e. The van der Waals surface area contributed by atoms with Crippen LogP contribution in [0.15, 0.2) is 12.2 Å². The van der Waals surface area contributed by atoms with Crippen LogP contribution in [0.3, 0.4) is 0 Å². The van der Waals surface area contributed by atoms with Gasteiger partial charge in [0, 0.05) is 6.42 Å². The van der Waals surface area contributed by atoms with E-state index in [-0.39, 0.29) is 0 Å². The molecule has 0 rings (SSSR count). The van der Waals surface area contributed by atoms with E-state index in [1.165, 1.54) is 19.3 Å². The standard InChI is InChI=1S/C14H26O/c1-4-7-8-9-10-14(15)12-11-13(5-2)6-3/h11-13H,4-10H2,1-3H3. The van der Waals surface area contributed by atoms with Gasteiger partial charge in [0.15, 0.2) is 5.78 Å². The third-order valence-corrected chi connectivity index (χ3v) is 2.88. The van der Waals surface area contributed by atoms with Gasteiger partial charge in [0.05, 0.1) is 0 Å². The molecule has 0 spiro atoms.